The van der Waals surface area contributed by atoms with Crippen molar-refractivity contribution in [3.05, 3.63) is 12.2 Å². The molecule has 0 radical (unpaired) electrons. The SMILES string of the molecule is C/C=C/CC(NC(=O)COC1CCCCC1C)C(=O)O. The van der Waals surface area contributed by atoms with Crippen molar-refractivity contribution < 1.29 is 19.4 Å². The quantitative estimate of drug-likeness (QED) is 0.702. The van der Waals surface area contributed by atoms with Crippen LogP contribution >= 0.6 is 0 Å². The van der Waals surface area contributed by atoms with Gasteiger partial charge >= 0.3 is 5.97 Å². The van der Waals surface area contributed by atoms with Crippen LogP contribution in [0.1, 0.15) is 46.0 Å². The zero-order valence-corrected chi connectivity index (χ0v) is 12.3. The molecule has 0 spiro atoms. The Morgan fingerprint density at radius 2 is 2.10 bits per heavy atom. The maximum Gasteiger partial charge on any atom is 0.326 e. The summed E-state index contributed by atoms with van der Waals surface area (Å²) >= 11 is 0. The first kappa shape index (κ1) is 16.7. The van der Waals surface area contributed by atoms with E-state index in [2.05, 4.69) is 12.2 Å². The molecule has 0 saturated heterocycles. The zero-order valence-electron chi connectivity index (χ0n) is 12.3. The molecule has 5 nitrogen and oxygen atoms in total. The number of amides is 1. The van der Waals surface area contributed by atoms with Crippen LogP contribution in [0.5, 0.6) is 0 Å². The summed E-state index contributed by atoms with van der Waals surface area (Å²) in [5, 5.41) is 11.5. The maximum atomic E-state index is 11.7. The van der Waals surface area contributed by atoms with E-state index in [1.54, 1.807) is 12.2 Å². The number of aliphatic carboxylic acids is 1. The molecule has 114 valence electrons. The van der Waals surface area contributed by atoms with Crippen molar-refractivity contribution in [2.75, 3.05) is 6.61 Å². The smallest absolute Gasteiger partial charge is 0.326 e. The van der Waals surface area contributed by atoms with E-state index in [1.807, 2.05) is 6.92 Å². The normalized spacial score (nSPS) is 24.5. The van der Waals surface area contributed by atoms with Crippen LogP contribution in [0, 0.1) is 5.92 Å². The molecular weight excluding hydrogens is 258 g/mol. The summed E-state index contributed by atoms with van der Waals surface area (Å²) in [6, 6.07) is -0.883. The van der Waals surface area contributed by atoms with Gasteiger partial charge in [-0.05, 0) is 32.1 Å². The van der Waals surface area contributed by atoms with E-state index in [9.17, 15) is 9.59 Å². The van der Waals surface area contributed by atoms with Crippen LogP contribution in [0.2, 0.25) is 0 Å². The molecule has 1 fully saturated rings. The van der Waals surface area contributed by atoms with Gasteiger partial charge in [0.05, 0.1) is 6.10 Å². The van der Waals surface area contributed by atoms with Crippen LogP contribution in [0.15, 0.2) is 12.2 Å². The Morgan fingerprint density at radius 1 is 1.40 bits per heavy atom. The molecule has 3 unspecified atom stereocenters. The van der Waals surface area contributed by atoms with Crippen molar-refractivity contribution in [2.45, 2.75) is 58.1 Å². The minimum atomic E-state index is -1.03. The van der Waals surface area contributed by atoms with Crippen molar-refractivity contribution in [3.8, 4) is 0 Å². The number of hydrogen-bond acceptors (Lipinski definition) is 3. The predicted molar refractivity (Wildman–Crippen MR) is 76.4 cm³/mol. The van der Waals surface area contributed by atoms with Crippen LogP contribution in [0.3, 0.4) is 0 Å². The molecule has 0 aliphatic heterocycles. The fourth-order valence-corrected chi connectivity index (χ4v) is 2.44. The van der Waals surface area contributed by atoms with Crippen LogP contribution < -0.4 is 5.32 Å². The van der Waals surface area contributed by atoms with Crippen molar-refractivity contribution in [2.24, 2.45) is 5.92 Å². The summed E-state index contributed by atoms with van der Waals surface area (Å²) < 4.78 is 5.62. The predicted octanol–water partition coefficient (Wildman–Crippen LogP) is 2.12. The lowest BCUT2D eigenvalue weighted by Crippen LogP contribution is -2.43. The minimum absolute atomic E-state index is 0.0609. The molecule has 1 aliphatic carbocycles. The van der Waals surface area contributed by atoms with Gasteiger partial charge in [-0.15, -0.1) is 0 Å². The van der Waals surface area contributed by atoms with Crippen molar-refractivity contribution in [3.63, 3.8) is 0 Å². The van der Waals surface area contributed by atoms with Gasteiger partial charge < -0.3 is 15.2 Å². The first-order valence-corrected chi connectivity index (χ1v) is 7.29. The van der Waals surface area contributed by atoms with Crippen LogP contribution in [0.25, 0.3) is 0 Å². The van der Waals surface area contributed by atoms with Gasteiger partial charge in [-0.25, -0.2) is 4.79 Å². The van der Waals surface area contributed by atoms with E-state index in [1.165, 1.54) is 6.42 Å². The monoisotopic (exact) mass is 283 g/mol. The van der Waals surface area contributed by atoms with E-state index >= 15 is 0 Å². The van der Waals surface area contributed by atoms with Crippen LogP contribution in [-0.2, 0) is 14.3 Å². The van der Waals surface area contributed by atoms with E-state index in [0.29, 0.717) is 5.92 Å². The molecule has 5 heteroatoms. The third kappa shape index (κ3) is 5.74. The molecule has 0 heterocycles. The first-order valence-electron chi connectivity index (χ1n) is 7.29. The first-order chi connectivity index (χ1) is 9.54. The largest absolute Gasteiger partial charge is 0.480 e. The maximum absolute atomic E-state index is 11.7. The Bertz CT molecular complexity index is 354. The van der Waals surface area contributed by atoms with Crippen LogP contribution in [-0.4, -0.2) is 35.7 Å². The molecule has 0 aromatic carbocycles. The standard InChI is InChI=1S/C15H25NO4/c1-3-4-8-12(15(18)19)16-14(17)10-20-13-9-6-5-7-11(13)2/h3-4,11-13H,5-10H2,1-2H3,(H,16,17)(H,18,19)/b4-3+. The van der Waals surface area contributed by atoms with E-state index in [0.717, 1.165) is 19.3 Å². The Labute approximate surface area is 120 Å². The molecule has 2 N–H and O–H groups in total. The molecule has 20 heavy (non-hydrogen) atoms. The van der Waals surface area contributed by atoms with Gasteiger partial charge in [0, 0.05) is 0 Å². The number of carboxylic acids is 1. The van der Waals surface area contributed by atoms with Gasteiger partial charge in [-0.3, -0.25) is 4.79 Å². The van der Waals surface area contributed by atoms with Crippen molar-refractivity contribution in [1.82, 2.24) is 5.32 Å². The number of hydrogen-bond donors (Lipinski definition) is 2. The molecule has 1 aliphatic rings. The highest BCUT2D eigenvalue weighted by Gasteiger charge is 2.24. The Balaban J connectivity index is 2.35. The second-order valence-electron chi connectivity index (χ2n) is 5.37. The van der Waals surface area contributed by atoms with Gasteiger partial charge in [0.1, 0.15) is 12.6 Å². The second-order valence-corrected chi connectivity index (χ2v) is 5.37. The molecule has 1 rings (SSSR count). The topological polar surface area (TPSA) is 75.6 Å². The zero-order chi connectivity index (χ0) is 15.0. The summed E-state index contributed by atoms with van der Waals surface area (Å²) in [6.45, 7) is 3.89. The lowest BCUT2D eigenvalue weighted by atomic mass is 9.88. The molecule has 0 bridgehead atoms. The van der Waals surface area contributed by atoms with Crippen molar-refractivity contribution in [1.29, 1.82) is 0 Å². The lowest BCUT2D eigenvalue weighted by Gasteiger charge is -2.28. The lowest BCUT2D eigenvalue weighted by molar-refractivity contribution is -0.143. The highest BCUT2D eigenvalue weighted by atomic mass is 16.5. The molecule has 0 aromatic rings. The van der Waals surface area contributed by atoms with Crippen LogP contribution in [0.4, 0.5) is 0 Å². The Kier molecular flexibility index (Phi) is 7.30. The fourth-order valence-electron chi connectivity index (χ4n) is 2.44. The summed E-state index contributed by atoms with van der Waals surface area (Å²) in [5.74, 6) is -0.919. The Morgan fingerprint density at radius 3 is 2.70 bits per heavy atom. The molecule has 1 amide bonds. The average Bonchev–Trinajstić information content (AvgIpc) is 2.42. The van der Waals surface area contributed by atoms with E-state index < -0.39 is 12.0 Å². The van der Waals surface area contributed by atoms with E-state index in [-0.39, 0.29) is 25.0 Å². The number of nitrogens with one attached hydrogen (secondary N) is 1. The molecule has 0 aromatic heterocycles. The second kappa shape index (κ2) is 8.74. The highest BCUT2D eigenvalue weighted by molar-refractivity contribution is 5.84. The molecule has 1 saturated carbocycles. The molecule has 3 atom stereocenters. The van der Waals surface area contributed by atoms with Gasteiger partial charge in [0.25, 0.3) is 0 Å². The molecular formula is C15H25NO4. The fraction of sp³-hybridized carbons (Fsp3) is 0.733. The van der Waals surface area contributed by atoms with Gasteiger partial charge in [0.15, 0.2) is 0 Å². The summed E-state index contributed by atoms with van der Waals surface area (Å²) in [5.41, 5.74) is 0. The summed E-state index contributed by atoms with van der Waals surface area (Å²) in [6.07, 6.45) is 8.37. The summed E-state index contributed by atoms with van der Waals surface area (Å²) in [7, 11) is 0. The number of rotatable bonds is 7. The summed E-state index contributed by atoms with van der Waals surface area (Å²) in [4.78, 5) is 22.8. The minimum Gasteiger partial charge on any atom is -0.480 e. The third-order valence-electron chi connectivity index (χ3n) is 3.70. The number of ether oxygens (including phenoxy) is 1. The number of carbonyl (C=O) groups is 2. The van der Waals surface area contributed by atoms with Gasteiger partial charge in [-0.1, -0.05) is 31.9 Å². The average molecular weight is 283 g/mol. The number of allylic oxidation sites excluding steroid dienone is 1. The van der Waals surface area contributed by atoms with E-state index in [4.69, 9.17) is 9.84 Å². The third-order valence-corrected chi connectivity index (χ3v) is 3.70. The van der Waals surface area contributed by atoms with Crippen molar-refractivity contribution >= 4 is 11.9 Å². The van der Waals surface area contributed by atoms with Gasteiger partial charge in [-0.2, -0.15) is 0 Å². The Hall–Kier alpha value is -1.36. The highest BCUT2D eigenvalue weighted by Crippen LogP contribution is 2.26. The number of carbonyl (C=O) groups excluding carboxylic acids is 1. The number of carboxylic acid groups (broad SMARTS) is 1. The van der Waals surface area contributed by atoms with Gasteiger partial charge in [0.2, 0.25) is 5.91 Å².